The summed E-state index contributed by atoms with van der Waals surface area (Å²) in [7, 11) is 0. The van der Waals surface area contributed by atoms with Crippen LogP contribution in [0, 0.1) is 27.6 Å². The molecule has 0 unspecified atom stereocenters. The average Bonchev–Trinajstić information content (AvgIpc) is 3.42. The highest BCUT2D eigenvalue weighted by Crippen LogP contribution is 2.42. The molecule has 2 aliphatic carbocycles. The molecule has 0 radical (unpaired) electrons. The van der Waals surface area contributed by atoms with Gasteiger partial charge in [-0.15, -0.1) is 4.91 Å². The molecule has 2 amide bonds. The topological polar surface area (TPSA) is 235 Å². The van der Waals surface area contributed by atoms with Gasteiger partial charge in [0, 0.05) is 21.9 Å². The number of nitrogens with one attached hydrogen (secondary N) is 1. The number of nitriles is 2. The first kappa shape index (κ1) is 24.4. The molecule has 1 aromatic heterocycles. The van der Waals surface area contributed by atoms with E-state index in [0.717, 1.165) is 0 Å². The minimum absolute atomic E-state index is 0.0859. The highest BCUT2D eigenvalue weighted by molar-refractivity contribution is 6.20. The van der Waals surface area contributed by atoms with Crippen molar-refractivity contribution in [1.29, 1.82) is 10.5 Å². The van der Waals surface area contributed by atoms with Crippen LogP contribution in [0.1, 0.15) is 48.4 Å². The highest BCUT2D eigenvalue weighted by Gasteiger charge is 2.31. The van der Waals surface area contributed by atoms with Crippen molar-refractivity contribution >= 4 is 34.1 Å². The van der Waals surface area contributed by atoms with Crippen LogP contribution in [0.2, 0.25) is 0 Å². The molecule has 13 heteroatoms. The smallest absolute Gasteiger partial charge is 0.270 e. The van der Waals surface area contributed by atoms with Crippen LogP contribution in [0.3, 0.4) is 0 Å². The van der Waals surface area contributed by atoms with E-state index in [2.05, 4.69) is 25.1 Å². The Labute approximate surface area is 218 Å². The van der Waals surface area contributed by atoms with E-state index in [1.54, 1.807) is 60.7 Å². The third-order valence-electron chi connectivity index (χ3n) is 5.94. The third-order valence-corrected chi connectivity index (χ3v) is 5.94. The van der Waals surface area contributed by atoms with Crippen LogP contribution in [0.4, 0.5) is 5.69 Å². The van der Waals surface area contributed by atoms with E-state index in [-0.39, 0.29) is 45.6 Å². The molecule has 39 heavy (non-hydrogen) atoms. The summed E-state index contributed by atoms with van der Waals surface area (Å²) >= 11 is 0. The number of nitrogens with two attached hydrogens (primary N) is 2. The largest absolute Gasteiger partial charge is 0.364 e. The molecular formula is C26H13N9O4. The number of amides is 2. The van der Waals surface area contributed by atoms with Crippen LogP contribution in [0.5, 0.6) is 0 Å². The second-order valence-electron chi connectivity index (χ2n) is 8.11. The molecule has 3 aliphatic rings. The molecule has 0 saturated heterocycles. The molecule has 0 fully saturated rings. The van der Waals surface area contributed by atoms with Crippen molar-refractivity contribution in [3.63, 3.8) is 0 Å². The second-order valence-corrected chi connectivity index (χ2v) is 8.11. The Hall–Kier alpha value is -6.34. The Morgan fingerprint density at radius 3 is 2.03 bits per heavy atom. The number of fused-ring (bicyclic) bond motifs is 6. The number of benzene rings is 2. The van der Waals surface area contributed by atoms with Gasteiger partial charge in [-0.1, -0.05) is 48.5 Å². The van der Waals surface area contributed by atoms with Gasteiger partial charge in [-0.05, 0) is 5.18 Å². The minimum atomic E-state index is -0.844. The molecule has 186 valence electrons. The van der Waals surface area contributed by atoms with Crippen molar-refractivity contribution in [3.8, 4) is 34.8 Å². The lowest BCUT2D eigenvalue weighted by molar-refractivity contribution is 0.0986. The number of hydrogen-bond acceptors (Lipinski definition) is 10. The Bertz CT molecular complexity index is 1950. The SMILES string of the molecule is N#Cc1nc2c(N=O)c3ccccc3c-2[nH]c1C(N)=O.N#Cc1nc2c(nc1C(N)=O)-c1ccccc1C2=O. The fraction of sp³-hybridized carbons (Fsp3) is 0. The van der Waals surface area contributed by atoms with Gasteiger partial charge in [-0.3, -0.25) is 14.4 Å². The van der Waals surface area contributed by atoms with Crippen molar-refractivity contribution in [3.05, 3.63) is 87.5 Å². The van der Waals surface area contributed by atoms with E-state index < -0.39 is 11.8 Å². The van der Waals surface area contributed by atoms with Gasteiger partial charge in [0.05, 0.1) is 5.69 Å². The first-order valence-corrected chi connectivity index (χ1v) is 11.0. The monoisotopic (exact) mass is 515 g/mol. The Morgan fingerprint density at radius 1 is 0.795 bits per heavy atom. The maximum atomic E-state index is 12.1. The Kier molecular flexibility index (Phi) is 5.79. The van der Waals surface area contributed by atoms with Crippen molar-refractivity contribution in [2.45, 2.75) is 0 Å². The summed E-state index contributed by atoms with van der Waals surface area (Å²) < 4.78 is 0. The fourth-order valence-electron chi connectivity index (χ4n) is 4.27. The molecule has 13 nitrogen and oxygen atoms in total. The summed E-state index contributed by atoms with van der Waals surface area (Å²) in [5, 5.41) is 22.2. The summed E-state index contributed by atoms with van der Waals surface area (Å²) in [6.07, 6.45) is 0. The maximum absolute atomic E-state index is 12.1. The predicted molar refractivity (Wildman–Crippen MR) is 136 cm³/mol. The number of rotatable bonds is 3. The molecule has 0 saturated carbocycles. The number of carbonyl (C=O) groups is 3. The second kappa shape index (κ2) is 9.27. The molecule has 0 bridgehead atoms. The van der Waals surface area contributed by atoms with Gasteiger partial charge in [-0.25, -0.2) is 15.0 Å². The lowest BCUT2D eigenvalue weighted by Gasteiger charge is -2.05. The molecule has 2 heterocycles. The number of ketones is 1. The van der Waals surface area contributed by atoms with Gasteiger partial charge in [0.1, 0.15) is 40.6 Å². The van der Waals surface area contributed by atoms with Crippen molar-refractivity contribution in [2.75, 3.05) is 0 Å². The zero-order valence-electron chi connectivity index (χ0n) is 19.6. The Morgan fingerprint density at radius 2 is 1.41 bits per heavy atom. The van der Waals surface area contributed by atoms with Crippen LogP contribution in [0.25, 0.3) is 33.4 Å². The average molecular weight is 515 g/mol. The number of nitroso groups, excluding NO2 is 1. The lowest BCUT2D eigenvalue weighted by Crippen LogP contribution is -2.17. The third kappa shape index (κ3) is 3.80. The van der Waals surface area contributed by atoms with Gasteiger partial charge in [-0.2, -0.15) is 10.5 Å². The first-order valence-electron chi connectivity index (χ1n) is 11.0. The van der Waals surface area contributed by atoms with Crippen molar-refractivity contribution in [2.24, 2.45) is 16.6 Å². The number of nitrogens with zero attached hydrogens (tertiary/aromatic N) is 6. The molecule has 0 atom stereocenters. The maximum Gasteiger partial charge on any atom is 0.270 e. The summed E-state index contributed by atoms with van der Waals surface area (Å²) in [4.78, 5) is 60.5. The summed E-state index contributed by atoms with van der Waals surface area (Å²) in [5.74, 6) is -1.93. The minimum Gasteiger partial charge on any atom is -0.364 e. The van der Waals surface area contributed by atoms with E-state index in [1.165, 1.54) is 0 Å². The quantitative estimate of drug-likeness (QED) is 0.293. The number of carbonyl (C=O) groups excluding carboxylic acids is 3. The molecule has 3 aromatic rings. The number of hydrogen-bond donors (Lipinski definition) is 3. The van der Waals surface area contributed by atoms with E-state index in [1.807, 2.05) is 0 Å². The first-order chi connectivity index (χ1) is 18.8. The highest BCUT2D eigenvalue weighted by atomic mass is 16.3. The number of aromatic amines is 1. The van der Waals surface area contributed by atoms with E-state index in [4.69, 9.17) is 22.0 Å². The zero-order chi connectivity index (χ0) is 27.8. The van der Waals surface area contributed by atoms with Gasteiger partial charge >= 0.3 is 0 Å². The van der Waals surface area contributed by atoms with Gasteiger partial charge in [0.25, 0.3) is 11.8 Å². The van der Waals surface area contributed by atoms with Crippen LogP contribution < -0.4 is 11.5 Å². The lowest BCUT2D eigenvalue weighted by atomic mass is 10.1. The number of primary amides is 2. The van der Waals surface area contributed by atoms with E-state index >= 15 is 0 Å². The molecule has 6 rings (SSSR count). The number of H-pyrrole nitrogens is 1. The van der Waals surface area contributed by atoms with Gasteiger partial charge in [0.2, 0.25) is 5.78 Å². The molecular weight excluding hydrogens is 502 g/mol. The van der Waals surface area contributed by atoms with Crippen LogP contribution in [0.15, 0.2) is 53.7 Å². The fourth-order valence-corrected chi connectivity index (χ4v) is 4.27. The van der Waals surface area contributed by atoms with E-state index in [0.29, 0.717) is 33.3 Å². The normalized spacial score (nSPS) is 11.1. The van der Waals surface area contributed by atoms with Crippen molar-refractivity contribution < 1.29 is 14.4 Å². The summed E-state index contributed by atoms with van der Waals surface area (Å²) in [6, 6.07) is 17.4. The van der Waals surface area contributed by atoms with Crippen LogP contribution in [-0.2, 0) is 0 Å². The molecule has 5 N–H and O–H groups in total. The van der Waals surface area contributed by atoms with Crippen LogP contribution in [-0.4, -0.2) is 37.5 Å². The summed E-state index contributed by atoms with van der Waals surface area (Å²) in [6.45, 7) is 0. The predicted octanol–water partition coefficient (Wildman–Crippen LogP) is 2.69. The van der Waals surface area contributed by atoms with Gasteiger partial charge < -0.3 is 16.5 Å². The molecule has 2 aromatic carbocycles. The van der Waals surface area contributed by atoms with Crippen molar-refractivity contribution in [1.82, 2.24) is 19.9 Å². The standard InChI is InChI=1S/C13H7N5O2.C13H6N4O2/c14-5-8-11(13(15)19)17-9-6-3-1-2-4-7(6)10(18-20)12(9)16-8;14-5-8-10(13(15)19)17-9-6-3-1-2-4-7(6)12(18)11(9)16-8/h1-4,17H,(H2,15,19);1-4H,(H2,15,19). The zero-order valence-corrected chi connectivity index (χ0v) is 19.6. The Balaban J connectivity index is 0.000000158. The summed E-state index contributed by atoms with van der Waals surface area (Å²) in [5.41, 5.74) is 12.0. The van der Waals surface area contributed by atoms with Crippen LogP contribution >= 0.6 is 0 Å². The number of aromatic nitrogens is 4. The molecule has 1 aliphatic heterocycles. The van der Waals surface area contributed by atoms with E-state index in [9.17, 15) is 19.3 Å². The van der Waals surface area contributed by atoms with Gasteiger partial charge in [0.15, 0.2) is 17.1 Å². The molecule has 0 spiro atoms.